The van der Waals surface area contributed by atoms with Gasteiger partial charge in [0, 0.05) is 6.42 Å². The molecule has 1 unspecified atom stereocenters. The van der Waals surface area contributed by atoms with Crippen LogP contribution in [0.1, 0.15) is 45.4 Å². The standard InChI is InChI=1S/C16H34NO7P/c1-5-6-7-8-9-10-16(19)22-13-15(18)14-24-25(20,21)23-12-11-17(2,3)4/h15,18H,5-14H2,1-4H3/p+1/t15-/m1/s1. The molecule has 0 rings (SSSR count). The second kappa shape index (κ2) is 12.8. The second-order valence-electron chi connectivity index (χ2n) is 7.11. The molecule has 25 heavy (non-hydrogen) atoms. The summed E-state index contributed by atoms with van der Waals surface area (Å²) in [6.07, 6.45) is 4.27. The van der Waals surface area contributed by atoms with Gasteiger partial charge in [-0.2, -0.15) is 0 Å². The lowest BCUT2D eigenvalue weighted by Crippen LogP contribution is -2.37. The van der Waals surface area contributed by atoms with Gasteiger partial charge in [-0.3, -0.25) is 13.8 Å². The smallest absolute Gasteiger partial charge is 0.463 e. The van der Waals surface area contributed by atoms with Crippen molar-refractivity contribution < 1.29 is 37.6 Å². The first kappa shape index (κ1) is 24.5. The SMILES string of the molecule is CCCCCCCC(=O)OC[C@@H](O)COP(=O)(O)OCC[N+](C)(C)C. The normalized spacial score (nSPS) is 15.6. The molecule has 2 atom stereocenters. The largest absolute Gasteiger partial charge is 0.472 e. The van der Waals surface area contributed by atoms with Gasteiger partial charge in [0.15, 0.2) is 0 Å². The Morgan fingerprint density at radius 2 is 1.72 bits per heavy atom. The molecule has 2 N–H and O–H groups in total. The van der Waals surface area contributed by atoms with Crippen LogP contribution in [0.15, 0.2) is 0 Å². The number of unbranched alkanes of at least 4 members (excludes halogenated alkanes) is 4. The van der Waals surface area contributed by atoms with E-state index in [4.69, 9.17) is 13.8 Å². The number of quaternary nitrogens is 1. The molecule has 8 nitrogen and oxygen atoms in total. The summed E-state index contributed by atoms with van der Waals surface area (Å²) >= 11 is 0. The van der Waals surface area contributed by atoms with Crippen LogP contribution in [0.2, 0.25) is 0 Å². The van der Waals surface area contributed by atoms with Crippen LogP contribution >= 0.6 is 7.82 Å². The number of hydrogen-bond donors (Lipinski definition) is 2. The molecule has 0 fully saturated rings. The second-order valence-corrected chi connectivity index (χ2v) is 8.57. The molecule has 0 saturated carbocycles. The van der Waals surface area contributed by atoms with E-state index in [2.05, 4.69) is 6.92 Å². The average Bonchev–Trinajstić information content (AvgIpc) is 2.49. The molecule has 0 saturated heterocycles. The fourth-order valence-corrected chi connectivity index (χ4v) is 2.58. The first-order valence-corrected chi connectivity index (χ1v) is 10.3. The molecule has 0 radical (unpaired) electrons. The Bertz CT molecular complexity index is 412. The van der Waals surface area contributed by atoms with Crippen molar-refractivity contribution in [2.24, 2.45) is 0 Å². The van der Waals surface area contributed by atoms with Gasteiger partial charge < -0.3 is 19.2 Å². The van der Waals surface area contributed by atoms with Crippen LogP contribution in [0.5, 0.6) is 0 Å². The van der Waals surface area contributed by atoms with Crippen molar-refractivity contribution in [2.45, 2.75) is 51.6 Å². The molecule has 0 aliphatic heterocycles. The van der Waals surface area contributed by atoms with Crippen molar-refractivity contribution in [3.8, 4) is 0 Å². The van der Waals surface area contributed by atoms with E-state index in [1.54, 1.807) is 0 Å². The third kappa shape index (κ3) is 16.7. The van der Waals surface area contributed by atoms with Crippen molar-refractivity contribution in [1.29, 1.82) is 0 Å². The van der Waals surface area contributed by atoms with Gasteiger partial charge in [0.25, 0.3) is 0 Å². The van der Waals surface area contributed by atoms with Gasteiger partial charge in [0.05, 0.1) is 27.7 Å². The summed E-state index contributed by atoms with van der Waals surface area (Å²) in [4.78, 5) is 21.0. The van der Waals surface area contributed by atoms with Crippen molar-refractivity contribution >= 4 is 13.8 Å². The van der Waals surface area contributed by atoms with Crippen molar-refractivity contribution in [1.82, 2.24) is 0 Å². The van der Waals surface area contributed by atoms with Crippen LogP contribution in [0.25, 0.3) is 0 Å². The number of aliphatic hydroxyl groups is 1. The molecule has 0 aromatic carbocycles. The number of rotatable bonds is 15. The third-order valence-electron chi connectivity index (χ3n) is 3.37. The van der Waals surface area contributed by atoms with E-state index in [-0.39, 0.29) is 19.2 Å². The third-order valence-corrected chi connectivity index (χ3v) is 4.35. The summed E-state index contributed by atoms with van der Waals surface area (Å²) in [5.74, 6) is -0.387. The number of phosphoric acid groups is 1. The quantitative estimate of drug-likeness (QED) is 0.193. The van der Waals surface area contributed by atoms with E-state index in [9.17, 15) is 19.4 Å². The minimum Gasteiger partial charge on any atom is -0.463 e. The van der Waals surface area contributed by atoms with E-state index >= 15 is 0 Å². The first-order valence-electron chi connectivity index (χ1n) is 8.82. The van der Waals surface area contributed by atoms with Crippen molar-refractivity contribution in [3.63, 3.8) is 0 Å². The fourth-order valence-electron chi connectivity index (χ4n) is 1.83. The molecular formula is C16H35NO7P+. The van der Waals surface area contributed by atoms with Gasteiger partial charge in [-0.1, -0.05) is 32.6 Å². The van der Waals surface area contributed by atoms with Crippen molar-refractivity contribution in [3.05, 3.63) is 0 Å². The van der Waals surface area contributed by atoms with Gasteiger partial charge in [-0.25, -0.2) is 4.57 Å². The lowest BCUT2D eigenvalue weighted by atomic mass is 10.1. The Kier molecular flexibility index (Phi) is 12.5. The summed E-state index contributed by atoms with van der Waals surface area (Å²) in [5, 5.41) is 9.66. The van der Waals surface area contributed by atoms with E-state index < -0.39 is 20.5 Å². The van der Waals surface area contributed by atoms with E-state index in [0.717, 1.165) is 32.1 Å². The Labute approximate surface area is 151 Å². The number of hydrogen-bond acceptors (Lipinski definition) is 6. The van der Waals surface area contributed by atoms with Crippen LogP contribution in [0, 0.1) is 0 Å². The molecule has 0 heterocycles. The van der Waals surface area contributed by atoms with Gasteiger partial charge in [-0.15, -0.1) is 0 Å². The maximum Gasteiger partial charge on any atom is 0.472 e. The number of phosphoric ester groups is 1. The maximum absolute atomic E-state index is 11.7. The predicted molar refractivity (Wildman–Crippen MR) is 95.0 cm³/mol. The topological polar surface area (TPSA) is 102 Å². The van der Waals surface area contributed by atoms with Crippen LogP contribution in [0.3, 0.4) is 0 Å². The lowest BCUT2D eigenvalue weighted by Gasteiger charge is -2.24. The zero-order valence-electron chi connectivity index (χ0n) is 16.0. The van der Waals surface area contributed by atoms with E-state index in [1.807, 2.05) is 21.1 Å². The molecule has 0 spiro atoms. The highest BCUT2D eigenvalue weighted by atomic mass is 31.2. The highest BCUT2D eigenvalue weighted by Gasteiger charge is 2.24. The van der Waals surface area contributed by atoms with Crippen LogP contribution in [0.4, 0.5) is 0 Å². The molecule has 150 valence electrons. The minimum absolute atomic E-state index is 0.0559. The monoisotopic (exact) mass is 384 g/mol. The minimum atomic E-state index is -4.22. The lowest BCUT2D eigenvalue weighted by molar-refractivity contribution is -0.870. The van der Waals surface area contributed by atoms with Crippen LogP contribution in [-0.2, 0) is 23.1 Å². The number of ether oxygens (including phenoxy) is 1. The highest BCUT2D eigenvalue weighted by molar-refractivity contribution is 7.47. The molecule has 0 amide bonds. The molecule has 0 aromatic heterocycles. The maximum atomic E-state index is 11.7. The Balaban J connectivity index is 3.81. The molecular weight excluding hydrogens is 349 g/mol. The summed E-state index contributed by atoms with van der Waals surface area (Å²) in [6.45, 7) is 2.00. The van der Waals surface area contributed by atoms with Crippen LogP contribution in [-0.4, -0.2) is 74.1 Å². The number of likely N-dealkylation sites (N-methyl/N-ethyl adjacent to an activating group) is 1. The average molecular weight is 384 g/mol. The summed E-state index contributed by atoms with van der Waals surface area (Å²) < 4.78 is 26.7. The fraction of sp³-hybridized carbons (Fsp3) is 0.938. The number of aliphatic hydroxyl groups excluding tert-OH is 1. The Hall–Kier alpha value is -0.500. The van der Waals surface area contributed by atoms with E-state index in [0.29, 0.717) is 17.4 Å². The number of carbonyl (C=O) groups excluding carboxylic acids is 1. The van der Waals surface area contributed by atoms with Crippen molar-refractivity contribution in [2.75, 3.05) is 47.5 Å². The first-order chi connectivity index (χ1) is 11.6. The molecule has 0 aliphatic rings. The van der Waals surface area contributed by atoms with Crippen LogP contribution < -0.4 is 0 Å². The Morgan fingerprint density at radius 1 is 1.08 bits per heavy atom. The van der Waals surface area contributed by atoms with Gasteiger partial charge in [-0.05, 0) is 6.42 Å². The molecule has 0 aliphatic carbocycles. The molecule has 9 heteroatoms. The summed E-state index contributed by atoms with van der Waals surface area (Å²) in [7, 11) is 1.56. The summed E-state index contributed by atoms with van der Waals surface area (Å²) in [5.41, 5.74) is 0. The zero-order chi connectivity index (χ0) is 19.3. The number of esters is 1. The van der Waals surface area contributed by atoms with Gasteiger partial charge >= 0.3 is 13.8 Å². The molecule has 0 bridgehead atoms. The van der Waals surface area contributed by atoms with E-state index in [1.165, 1.54) is 0 Å². The number of carbonyl (C=O) groups is 1. The van der Waals surface area contributed by atoms with Gasteiger partial charge in [0.1, 0.15) is 25.9 Å². The molecule has 0 aromatic rings. The van der Waals surface area contributed by atoms with Gasteiger partial charge in [0.2, 0.25) is 0 Å². The zero-order valence-corrected chi connectivity index (χ0v) is 16.9. The predicted octanol–water partition coefficient (Wildman–Crippen LogP) is 2.09. The number of nitrogens with zero attached hydrogens (tertiary/aromatic N) is 1. The Morgan fingerprint density at radius 3 is 2.32 bits per heavy atom. The summed E-state index contributed by atoms with van der Waals surface area (Å²) in [6, 6.07) is 0. The highest BCUT2D eigenvalue weighted by Crippen LogP contribution is 2.43.